The van der Waals surface area contributed by atoms with Crippen molar-refractivity contribution in [2.45, 2.75) is 26.0 Å². The van der Waals surface area contributed by atoms with E-state index in [2.05, 4.69) is 61.6 Å². The monoisotopic (exact) mass is 255 g/mol. The third-order valence-electron chi connectivity index (χ3n) is 4.18. The van der Waals surface area contributed by atoms with Crippen molar-refractivity contribution in [2.24, 2.45) is 5.92 Å². The molecule has 3 rings (SSSR count). The maximum Gasteiger partial charge on any atom is 0.0949 e. The van der Waals surface area contributed by atoms with E-state index in [4.69, 9.17) is 4.74 Å². The SMILES string of the molecule is CC1COC(c2ccc3ccccc3c2)CNC1C. The Morgan fingerprint density at radius 3 is 2.68 bits per heavy atom. The van der Waals surface area contributed by atoms with Gasteiger partial charge in [-0.2, -0.15) is 0 Å². The molecule has 1 N–H and O–H groups in total. The van der Waals surface area contributed by atoms with Gasteiger partial charge in [-0.3, -0.25) is 0 Å². The minimum absolute atomic E-state index is 0.164. The lowest BCUT2D eigenvalue weighted by Gasteiger charge is -2.16. The van der Waals surface area contributed by atoms with E-state index < -0.39 is 0 Å². The molecule has 0 aliphatic carbocycles. The molecule has 100 valence electrons. The van der Waals surface area contributed by atoms with Gasteiger partial charge in [-0.15, -0.1) is 0 Å². The van der Waals surface area contributed by atoms with Crippen molar-refractivity contribution in [3.05, 3.63) is 48.0 Å². The molecule has 1 aliphatic rings. The molecule has 0 saturated carbocycles. The van der Waals surface area contributed by atoms with Crippen LogP contribution >= 0.6 is 0 Å². The van der Waals surface area contributed by atoms with Crippen LogP contribution in [0.25, 0.3) is 10.8 Å². The van der Waals surface area contributed by atoms with E-state index in [9.17, 15) is 0 Å². The van der Waals surface area contributed by atoms with Crippen LogP contribution in [0.15, 0.2) is 42.5 Å². The highest BCUT2D eigenvalue weighted by Gasteiger charge is 2.22. The standard InChI is InChI=1S/C17H21NO/c1-12-11-19-17(10-18-13(12)2)16-8-7-14-5-3-4-6-15(14)9-16/h3-9,12-13,17-18H,10-11H2,1-2H3. The van der Waals surface area contributed by atoms with Gasteiger partial charge in [0.2, 0.25) is 0 Å². The van der Waals surface area contributed by atoms with E-state index >= 15 is 0 Å². The lowest BCUT2D eigenvalue weighted by Crippen LogP contribution is -2.32. The first-order valence-electron chi connectivity index (χ1n) is 7.08. The quantitative estimate of drug-likeness (QED) is 0.841. The number of nitrogens with one attached hydrogen (secondary N) is 1. The van der Waals surface area contributed by atoms with E-state index in [1.807, 2.05) is 0 Å². The van der Waals surface area contributed by atoms with Crippen molar-refractivity contribution in [1.29, 1.82) is 0 Å². The van der Waals surface area contributed by atoms with E-state index in [-0.39, 0.29) is 6.10 Å². The molecule has 3 atom stereocenters. The summed E-state index contributed by atoms with van der Waals surface area (Å²) in [4.78, 5) is 0. The Labute approximate surface area is 114 Å². The molecular formula is C17H21NO. The summed E-state index contributed by atoms with van der Waals surface area (Å²) in [5.74, 6) is 0.561. The summed E-state index contributed by atoms with van der Waals surface area (Å²) in [5, 5.41) is 6.14. The first kappa shape index (κ1) is 12.6. The highest BCUT2D eigenvalue weighted by Crippen LogP contribution is 2.25. The lowest BCUT2D eigenvalue weighted by molar-refractivity contribution is 0.0497. The van der Waals surface area contributed by atoms with Crippen molar-refractivity contribution in [2.75, 3.05) is 13.2 Å². The van der Waals surface area contributed by atoms with Crippen LogP contribution < -0.4 is 5.32 Å². The third kappa shape index (κ3) is 2.65. The number of fused-ring (bicyclic) bond motifs is 1. The molecule has 1 saturated heterocycles. The largest absolute Gasteiger partial charge is 0.372 e. The molecule has 0 bridgehead atoms. The van der Waals surface area contributed by atoms with Crippen LogP contribution in [0.1, 0.15) is 25.5 Å². The molecule has 3 unspecified atom stereocenters. The third-order valence-corrected chi connectivity index (χ3v) is 4.18. The molecule has 1 fully saturated rings. The molecule has 2 nitrogen and oxygen atoms in total. The Balaban J connectivity index is 1.87. The van der Waals surface area contributed by atoms with Gasteiger partial charge in [0.1, 0.15) is 0 Å². The Kier molecular flexibility index (Phi) is 3.54. The second-order valence-corrected chi connectivity index (χ2v) is 5.60. The second-order valence-electron chi connectivity index (χ2n) is 5.60. The van der Waals surface area contributed by atoms with Gasteiger partial charge >= 0.3 is 0 Å². The average molecular weight is 255 g/mol. The topological polar surface area (TPSA) is 21.3 Å². The van der Waals surface area contributed by atoms with Crippen LogP contribution in [-0.2, 0) is 4.74 Å². The molecule has 2 heteroatoms. The predicted octanol–water partition coefficient (Wildman–Crippen LogP) is 3.53. The van der Waals surface area contributed by atoms with Crippen LogP contribution in [0.2, 0.25) is 0 Å². The molecule has 0 aromatic heterocycles. The summed E-state index contributed by atoms with van der Waals surface area (Å²) in [7, 11) is 0. The highest BCUT2D eigenvalue weighted by molar-refractivity contribution is 5.83. The number of benzene rings is 2. The van der Waals surface area contributed by atoms with Crippen LogP contribution in [-0.4, -0.2) is 19.2 Å². The normalized spacial score (nSPS) is 28.2. The fourth-order valence-electron chi connectivity index (χ4n) is 2.59. The fourth-order valence-corrected chi connectivity index (χ4v) is 2.59. The number of hydrogen-bond donors (Lipinski definition) is 1. The first-order chi connectivity index (χ1) is 9.24. The highest BCUT2D eigenvalue weighted by atomic mass is 16.5. The van der Waals surface area contributed by atoms with Crippen molar-refractivity contribution < 1.29 is 4.74 Å². The van der Waals surface area contributed by atoms with Gasteiger partial charge in [0.25, 0.3) is 0 Å². The van der Waals surface area contributed by atoms with Gasteiger partial charge in [0, 0.05) is 12.6 Å². The smallest absolute Gasteiger partial charge is 0.0949 e. The Bertz CT molecular complexity index is 554. The Morgan fingerprint density at radius 2 is 1.84 bits per heavy atom. The van der Waals surface area contributed by atoms with Gasteiger partial charge in [-0.25, -0.2) is 0 Å². The number of ether oxygens (including phenoxy) is 1. The fraction of sp³-hybridized carbons (Fsp3) is 0.412. The van der Waals surface area contributed by atoms with Gasteiger partial charge in [0.15, 0.2) is 0 Å². The minimum Gasteiger partial charge on any atom is -0.372 e. The molecule has 0 amide bonds. The molecule has 2 aromatic carbocycles. The van der Waals surface area contributed by atoms with E-state index in [0.29, 0.717) is 12.0 Å². The van der Waals surface area contributed by atoms with Crippen molar-refractivity contribution >= 4 is 10.8 Å². The Hall–Kier alpha value is -1.38. The average Bonchev–Trinajstić information content (AvgIpc) is 2.61. The molecule has 19 heavy (non-hydrogen) atoms. The van der Waals surface area contributed by atoms with Crippen molar-refractivity contribution in [3.8, 4) is 0 Å². The first-order valence-corrected chi connectivity index (χ1v) is 7.08. The minimum atomic E-state index is 0.164. The zero-order chi connectivity index (χ0) is 13.2. The lowest BCUT2D eigenvalue weighted by atomic mass is 10.0. The van der Waals surface area contributed by atoms with Crippen LogP contribution in [0.3, 0.4) is 0 Å². The molecule has 0 radical (unpaired) electrons. The van der Waals surface area contributed by atoms with Gasteiger partial charge < -0.3 is 10.1 Å². The molecular weight excluding hydrogens is 234 g/mol. The molecule has 1 heterocycles. The number of rotatable bonds is 1. The summed E-state index contributed by atoms with van der Waals surface area (Å²) in [6, 6.07) is 15.6. The molecule has 0 spiro atoms. The maximum absolute atomic E-state index is 6.06. The van der Waals surface area contributed by atoms with Gasteiger partial charge in [-0.05, 0) is 35.2 Å². The predicted molar refractivity (Wildman–Crippen MR) is 79.3 cm³/mol. The van der Waals surface area contributed by atoms with Crippen molar-refractivity contribution in [3.63, 3.8) is 0 Å². The number of hydrogen-bond acceptors (Lipinski definition) is 2. The summed E-state index contributed by atoms with van der Waals surface area (Å²) >= 11 is 0. The van der Waals surface area contributed by atoms with Crippen molar-refractivity contribution in [1.82, 2.24) is 5.32 Å². The van der Waals surface area contributed by atoms with Crippen LogP contribution in [0.5, 0.6) is 0 Å². The zero-order valence-electron chi connectivity index (χ0n) is 11.6. The van der Waals surface area contributed by atoms with Gasteiger partial charge in [0.05, 0.1) is 12.7 Å². The summed E-state index contributed by atoms with van der Waals surface area (Å²) < 4.78 is 6.06. The maximum atomic E-state index is 6.06. The van der Waals surface area contributed by atoms with E-state index in [1.165, 1.54) is 16.3 Å². The summed E-state index contributed by atoms with van der Waals surface area (Å²) in [6.45, 7) is 6.19. The Morgan fingerprint density at radius 1 is 1.05 bits per heavy atom. The van der Waals surface area contributed by atoms with Crippen LogP contribution in [0.4, 0.5) is 0 Å². The van der Waals surface area contributed by atoms with E-state index in [0.717, 1.165) is 13.2 Å². The zero-order valence-corrected chi connectivity index (χ0v) is 11.6. The van der Waals surface area contributed by atoms with E-state index in [1.54, 1.807) is 0 Å². The molecule has 2 aromatic rings. The summed E-state index contributed by atoms with van der Waals surface area (Å²) in [5.41, 5.74) is 1.27. The summed E-state index contributed by atoms with van der Waals surface area (Å²) in [6.07, 6.45) is 0.164. The molecule has 1 aliphatic heterocycles. The second kappa shape index (κ2) is 5.32. The van der Waals surface area contributed by atoms with Crippen LogP contribution in [0, 0.1) is 5.92 Å². The van der Waals surface area contributed by atoms with Gasteiger partial charge in [-0.1, -0.05) is 43.3 Å².